The standard InChI is InChI=1S/C11H23N3O3/c1-9(2)3-4-14-11(16)7-13-5-6-17-8-10(12)15/h9,13H,3-8H2,1-2H3,(H2,12,15)(H,14,16). The lowest BCUT2D eigenvalue weighted by atomic mass is 10.1. The van der Waals surface area contributed by atoms with Crippen molar-refractivity contribution in [2.24, 2.45) is 11.7 Å². The molecule has 0 heterocycles. The van der Waals surface area contributed by atoms with E-state index < -0.39 is 5.91 Å². The van der Waals surface area contributed by atoms with E-state index in [4.69, 9.17) is 10.5 Å². The first kappa shape index (κ1) is 15.9. The maximum atomic E-state index is 11.3. The number of primary amides is 1. The van der Waals surface area contributed by atoms with E-state index in [1.165, 1.54) is 0 Å². The van der Waals surface area contributed by atoms with Gasteiger partial charge in [-0.2, -0.15) is 0 Å². The van der Waals surface area contributed by atoms with Crippen LogP contribution >= 0.6 is 0 Å². The van der Waals surface area contributed by atoms with Gasteiger partial charge in [-0.3, -0.25) is 9.59 Å². The molecule has 6 nitrogen and oxygen atoms in total. The summed E-state index contributed by atoms with van der Waals surface area (Å²) in [6, 6.07) is 0. The van der Waals surface area contributed by atoms with Gasteiger partial charge in [0.05, 0.1) is 13.2 Å². The maximum Gasteiger partial charge on any atom is 0.243 e. The molecule has 0 rings (SSSR count). The lowest BCUT2D eigenvalue weighted by Gasteiger charge is -2.08. The number of carbonyl (C=O) groups excluding carboxylic acids is 2. The molecule has 0 saturated heterocycles. The Bertz CT molecular complexity index is 232. The van der Waals surface area contributed by atoms with Crippen molar-refractivity contribution in [3.63, 3.8) is 0 Å². The third-order valence-electron chi connectivity index (χ3n) is 2.00. The molecule has 0 radical (unpaired) electrons. The van der Waals surface area contributed by atoms with Crippen LogP contribution in [0.4, 0.5) is 0 Å². The van der Waals surface area contributed by atoms with Crippen LogP contribution in [0.3, 0.4) is 0 Å². The van der Waals surface area contributed by atoms with Gasteiger partial charge in [0.15, 0.2) is 0 Å². The van der Waals surface area contributed by atoms with Crippen molar-refractivity contribution in [3.05, 3.63) is 0 Å². The summed E-state index contributed by atoms with van der Waals surface area (Å²) >= 11 is 0. The van der Waals surface area contributed by atoms with Crippen molar-refractivity contribution < 1.29 is 14.3 Å². The molecule has 0 aliphatic rings. The summed E-state index contributed by atoms with van der Waals surface area (Å²) in [6.45, 7) is 5.99. The summed E-state index contributed by atoms with van der Waals surface area (Å²) in [4.78, 5) is 21.6. The van der Waals surface area contributed by atoms with Crippen molar-refractivity contribution in [3.8, 4) is 0 Å². The molecule has 0 aromatic carbocycles. The van der Waals surface area contributed by atoms with Gasteiger partial charge in [-0.05, 0) is 12.3 Å². The largest absolute Gasteiger partial charge is 0.370 e. The number of nitrogens with two attached hydrogens (primary N) is 1. The average molecular weight is 245 g/mol. The summed E-state index contributed by atoms with van der Waals surface area (Å²) in [5, 5.41) is 5.71. The normalized spacial score (nSPS) is 10.5. The van der Waals surface area contributed by atoms with Crippen LogP contribution in [-0.2, 0) is 14.3 Å². The first-order valence-electron chi connectivity index (χ1n) is 5.85. The number of ether oxygens (including phenoxy) is 1. The average Bonchev–Trinajstić information content (AvgIpc) is 2.22. The van der Waals surface area contributed by atoms with Crippen molar-refractivity contribution in [2.75, 3.05) is 32.8 Å². The van der Waals surface area contributed by atoms with Crippen LogP contribution in [0.2, 0.25) is 0 Å². The molecule has 0 aromatic rings. The van der Waals surface area contributed by atoms with E-state index >= 15 is 0 Å². The van der Waals surface area contributed by atoms with E-state index in [9.17, 15) is 9.59 Å². The quantitative estimate of drug-likeness (QED) is 0.441. The van der Waals surface area contributed by atoms with Gasteiger partial charge in [0.2, 0.25) is 11.8 Å². The second-order valence-corrected chi connectivity index (χ2v) is 4.23. The van der Waals surface area contributed by atoms with Crippen molar-refractivity contribution in [1.82, 2.24) is 10.6 Å². The Morgan fingerprint density at radius 2 is 2.00 bits per heavy atom. The Kier molecular flexibility index (Phi) is 9.37. The van der Waals surface area contributed by atoms with Crippen molar-refractivity contribution >= 4 is 11.8 Å². The first-order chi connectivity index (χ1) is 8.02. The van der Waals surface area contributed by atoms with E-state index in [1.807, 2.05) is 0 Å². The molecule has 0 aromatic heterocycles. The molecule has 0 spiro atoms. The molecule has 4 N–H and O–H groups in total. The van der Waals surface area contributed by atoms with Crippen LogP contribution in [0.15, 0.2) is 0 Å². The molecule has 2 amide bonds. The smallest absolute Gasteiger partial charge is 0.243 e. The van der Waals surface area contributed by atoms with Crippen LogP contribution in [-0.4, -0.2) is 44.7 Å². The minimum absolute atomic E-state index is 0.0273. The lowest BCUT2D eigenvalue weighted by Crippen LogP contribution is -2.36. The number of amides is 2. The molecular formula is C11H23N3O3. The summed E-state index contributed by atoms with van der Waals surface area (Å²) in [5.41, 5.74) is 4.89. The van der Waals surface area contributed by atoms with E-state index in [1.54, 1.807) is 0 Å². The predicted molar refractivity (Wildman–Crippen MR) is 65.3 cm³/mol. The Morgan fingerprint density at radius 1 is 1.29 bits per heavy atom. The van der Waals surface area contributed by atoms with E-state index in [2.05, 4.69) is 24.5 Å². The van der Waals surface area contributed by atoms with Gasteiger partial charge in [0, 0.05) is 13.1 Å². The predicted octanol–water partition coefficient (Wildman–Crippen LogP) is -0.760. The number of rotatable bonds is 10. The topological polar surface area (TPSA) is 93.4 Å². The molecular weight excluding hydrogens is 222 g/mol. The highest BCUT2D eigenvalue weighted by molar-refractivity contribution is 5.77. The third-order valence-corrected chi connectivity index (χ3v) is 2.00. The van der Waals surface area contributed by atoms with Gasteiger partial charge in [-0.1, -0.05) is 13.8 Å². The van der Waals surface area contributed by atoms with Gasteiger partial charge in [0.1, 0.15) is 6.61 Å². The van der Waals surface area contributed by atoms with Crippen LogP contribution in [0.1, 0.15) is 20.3 Å². The molecule has 100 valence electrons. The SMILES string of the molecule is CC(C)CCNC(=O)CNCCOCC(N)=O. The fourth-order valence-corrected chi connectivity index (χ4v) is 1.08. The minimum Gasteiger partial charge on any atom is -0.370 e. The summed E-state index contributed by atoms with van der Waals surface area (Å²) in [7, 11) is 0. The van der Waals surface area contributed by atoms with Gasteiger partial charge in [0.25, 0.3) is 0 Å². The van der Waals surface area contributed by atoms with Crippen LogP contribution in [0.25, 0.3) is 0 Å². The molecule has 0 aliphatic carbocycles. The number of carbonyl (C=O) groups is 2. The monoisotopic (exact) mass is 245 g/mol. The maximum absolute atomic E-state index is 11.3. The van der Waals surface area contributed by atoms with Gasteiger partial charge >= 0.3 is 0 Å². The van der Waals surface area contributed by atoms with Gasteiger partial charge in [-0.25, -0.2) is 0 Å². The van der Waals surface area contributed by atoms with E-state index in [0.717, 1.165) is 6.42 Å². The Hall–Kier alpha value is -1.14. The van der Waals surface area contributed by atoms with Gasteiger partial charge < -0.3 is 21.1 Å². The van der Waals surface area contributed by atoms with Crippen molar-refractivity contribution in [1.29, 1.82) is 0 Å². The highest BCUT2D eigenvalue weighted by atomic mass is 16.5. The zero-order valence-electron chi connectivity index (χ0n) is 10.6. The lowest BCUT2D eigenvalue weighted by molar-refractivity contribution is -0.123. The highest BCUT2D eigenvalue weighted by Crippen LogP contribution is 1.95. The molecule has 17 heavy (non-hydrogen) atoms. The third kappa shape index (κ3) is 12.8. The number of nitrogens with one attached hydrogen (secondary N) is 2. The van der Waals surface area contributed by atoms with Crippen LogP contribution in [0, 0.1) is 5.92 Å². The number of hydrogen-bond donors (Lipinski definition) is 3. The highest BCUT2D eigenvalue weighted by Gasteiger charge is 2.00. The minimum atomic E-state index is -0.489. The zero-order chi connectivity index (χ0) is 13.1. The molecule has 0 bridgehead atoms. The molecule has 6 heteroatoms. The summed E-state index contributed by atoms with van der Waals surface area (Å²) in [5.74, 6) is 0.0717. The molecule has 0 fully saturated rings. The van der Waals surface area contributed by atoms with Gasteiger partial charge in [-0.15, -0.1) is 0 Å². The second-order valence-electron chi connectivity index (χ2n) is 4.23. The first-order valence-corrected chi connectivity index (χ1v) is 5.85. The van der Waals surface area contributed by atoms with E-state index in [0.29, 0.717) is 25.6 Å². The Labute approximate surface area is 102 Å². The Balaban J connectivity index is 3.24. The van der Waals surface area contributed by atoms with Crippen molar-refractivity contribution in [2.45, 2.75) is 20.3 Å². The summed E-state index contributed by atoms with van der Waals surface area (Å²) in [6.07, 6.45) is 0.980. The van der Waals surface area contributed by atoms with Crippen LogP contribution < -0.4 is 16.4 Å². The van der Waals surface area contributed by atoms with E-state index in [-0.39, 0.29) is 19.1 Å². The molecule has 0 saturated carbocycles. The molecule has 0 aliphatic heterocycles. The molecule has 0 unspecified atom stereocenters. The zero-order valence-corrected chi connectivity index (χ0v) is 10.6. The summed E-state index contributed by atoms with van der Waals surface area (Å²) < 4.78 is 4.92. The number of hydrogen-bond acceptors (Lipinski definition) is 4. The fourth-order valence-electron chi connectivity index (χ4n) is 1.08. The van der Waals surface area contributed by atoms with Crippen LogP contribution in [0.5, 0.6) is 0 Å². The molecule has 0 atom stereocenters. The fraction of sp³-hybridized carbons (Fsp3) is 0.818. The Morgan fingerprint density at radius 3 is 2.59 bits per heavy atom. The second kappa shape index (κ2) is 10.0.